The van der Waals surface area contributed by atoms with Crippen LogP contribution in [-0.4, -0.2) is 4.98 Å². The van der Waals surface area contributed by atoms with Gasteiger partial charge in [0.15, 0.2) is 11.6 Å². The quantitative estimate of drug-likeness (QED) is 0.231. The van der Waals surface area contributed by atoms with Crippen LogP contribution in [0.5, 0.6) is 11.5 Å². The van der Waals surface area contributed by atoms with Crippen molar-refractivity contribution < 1.29 is 27.0 Å². The van der Waals surface area contributed by atoms with E-state index in [-0.39, 0.29) is 48.5 Å². The van der Waals surface area contributed by atoms with E-state index in [1.54, 1.807) is 6.92 Å². The molecule has 3 aromatic rings. The number of nitrogens with two attached hydrogens (primary N) is 1. The van der Waals surface area contributed by atoms with Crippen molar-refractivity contribution in [1.82, 2.24) is 4.98 Å². The monoisotopic (exact) mass is 566 g/mol. The summed E-state index contributed by atoms with van der Waals surface area (Å²) in [6.07, 6.45) is -3.44. The van der Waals surface area contributed by atoms with Crippen LogP contribution < -0.4 is 15.2 Å². The van der Waals surface area contributed by atoms with Gasteiger partial charge in [-0.2, -0.15) is 0 Å². The highest BCUT2D eigenvalue weighted by atomic mass is 79.9. The number of halogens is 7. The minimum absolute atomic E-state index is 0.0231. The first-order valence-corrected chi connectivity index (χ1v) is 11.0. The fourth-order valence-corrected chi connectivity index (χ4v) is 4.23. The molecule has 2 N–H and O–H groups in total. The molecule has 0 fully saturated rings. The summed E-state index contributed by atoms with van der Waals surface area (Å²) in [5.41, 5.74) is 5.72. The van der Waals surface area contributed by atoms with Gasteiger partial charge in [-0.3, -0.25) is 0 Å². The average Bonchev–Trinajstić information content (AvgIpc) is 2.75. The Morgan fingerprint density at radius 3 is 2.30 bits per heavy atom. The molecule has 0 bridgehead atoms. The first-order valence-electron chi connectivity index (χ1n) is 9.49. The lowest BCUT2D eigenvalue weighted by Crippen LogP contribution is -2.12. The second kappa shape index (κ2) is 10.4. The molecule has 176 valence electrons. The first-order chi connectivity index (χ1) is 15.5. The zero-order valence-electron chi connectivity index (χ0n) is 17.2. The molecule has 0 aliphatic heterocycles. The van der Waals surface area contributed by atoms with E-state index in [4.69, 9.17) is 38.4 Å². The molecule has 2 atom stereocenters. The van der Waals surface area contributed by atoms with Gasteiger partial charge in [-0.1, -0.05) is 29.3 Å². The van der Waals surface area contributed by atoms with Crippen molar-refractivity contribution in [3.8, 4) is 11.5 Å². The van der Waals surface area contributed by atoms with Crippen LogP contribution in [0.1, 0.15) is 49.2 Å². The SMILES string of the molecule is CC(Oc1c(Br)cnc(N)c1OC(C)c1c(Cl)ccc(F)c1Cl)c1cc(F)ccc1C(F)F. The highest BCUT2D eigenvalue weighted by Crippen LogP contribution is 2.45. The van der Waals surface area contributed by atoms with Crippen molar-refractivity contribution in [3.05, 3.63) is 79.4 Å². The number of pyridine rings is 1. The number of ether oxygens (including phenoxy) is 2. The molecule has 0 radical (unpaired) electrons. The molecule has 2 aromatic carbocycles. The molecule has 3 rings (SSSR count). The van der Waals surface area contributed by atoms with E-state index in [0.717, 1.165) is 24.3 Å². The van der Waals surface area contributed by atoms with E-state index in [2.05, 4.69) is 20.9 Å². The average molecular weight is 568 g/mol. The molecule has 0 saturated carbocycles. The van der Waals surface area contributed by atoms with E-state index in [9.17, 15) is 17.6 Å². The Morgan fingerprint density at radius 2 is 1.64 bits per heavy atom. The van der Waals surface area contributed by atoms with Crippen LogP contribution in [0.4, 0.5) is 23.4 Å². The number of aromatic nitrogens is 1. The van der Waals surface area contributed by atoms with Crippen LogP contribution in [0, 0.1) is 11.6 Å². The number of hydrogen-bond donors (Lipinski definition) is 1. The summed E-state index contributed by atoms with van der Waals surface area (Å²) in [6.45, 7) is 3.03. The number of benzene rings is 2. The van der Waals surface area contributed by atoms with Gasteiger partial charge in [0.1, 0.15) is 23.8 Å². The summed E-state index contributed by atoms with van der Waals surface area (Å²) in [5, 5.41) is -0.0682. The van der Waals surface area contributed by atoms with Crippen LogP contribution >= 0.6 is 39.1 Å². The van der Waals surface area contributed by atoms with Crippen LogP contribution in [0.2, 0.25) is 10.0 Å². The molecule has 0 saturated heterocycles. The molecule has 4 nitrogen and oxygen atoms in total. The smallest absolute Gasteiger partial charge is 0.264 e. The molecular weight excluding hydrogens is 551 g/mol. The zero-order chi connectivity index (χ0) is 24.4. The second-order valence-electron chi connectivity index (χ2n) is 7.00. The Balaban J connectivity index is 2.00. The highest BCUT2D eigenvalue weighted by molar-refractivity contribution is 9.10. The molecule has 0 aliphatic carbocycles. The third-order valence-corrected chi connectivity index (χ3v) is 6.05. The van der Waals surface area contributed by atoms with Crippen LogP contribution in [-0.2, 0) is 0 Å². The molecule has 1 heterocycles. The van der Waals surface area contributed by atoms with Gasteiger partial charge in [0, 0.05) is 27.9 Å². The minimum atomic E-state index is -2.84. The lowest BCUT2D eigenvalue weighted by atomic mass is 10.0. The Bertz CT molecular complexity index is 1180. The third kappa shape index (κ3) is 5.47. The molecule has 0 spiro atoms. The molecule has 33 heavy (non-hydrogen) atoms. The lowest BCUT2D eigenvalue weighted by molar-refractivity contribution is 0.141. The van der Waals surface area contributed by atoms with Crippen molar-refractivity contribution in [1.29, 1.82) is 0 Å². The summed E-state index contributed by atoms with van der Waals surface area (Å²) >= 11 is 15.5. The van der Waals surface area contributed by atoms with Crippen molar-refractivity contribution >= 4 is 44.9 Å². The molecule has 2 unspecified atom stereocenters. The van der Waals surface area contributed by atoms with Gasteiger partial charge in [0.05, 0.1) is 9.50 Å². The molecule has 1 aromatic heterocycles. The Labute approximate surface area is 205 Å². The largest absolute Gasteiger partial charge is 0.481 e. The standard InChI is InChI=1S/C22H17BrCl2F4N2O2/c1-9(13-7-11(26)3-4-12(13)21(28)29)32-19-14(23)8-31-22(30)20(19)33-10(2)17-15(24)5-6-16(27)18(17)25/h3-10,21H,1-2H3,(H2,30,31). The van der Waals surface area contributed by atoms with Crippen molar-refractivity contribution in [3.63, 3.8) is 0 Å². The maximum Gasteiger partial charge on any atom is 0.264 e. The molecular formula is C22H17BrCl2F4N2O2. The predicted molar refractivity (Wildman–Crippen MR) is 122 cm³/mol. The first kappa shape index (κ1) is 25.4. The summed E-state index contributed by atoms with van der Waals surface area (Å²) in [4.78, 5) is 3.99. The van der Waals surface area contributed by atoms with Crippen LogP contribution in [0.3, 0.4) is 0 Å². The fraction of sp³-hybridized carbons (Fsp3) is 0.227. The number of nitrogen functional groups attached to an aromatic ring is 1. The normalized spacial score (nSPS) is 13.2. The second-order valence-corrected chi connectivity index (χ2v) is 8.64. The van der Waals surface area contributed by atoms with Gasteiger partial charge >= 0.3 is 0 Å². The van der Waals surface area contributed by atoms with Crippen LogP contribution in [0.15, 0.2) is 41.0 Å². The van der Waals surface area contributed by atoms with Gasteiger partial charge < -0.3 is 15.2 Å². The summed E-state index contributed by atoms with van der Waals surface area (Å²) < 4.78 is 66.7. The van der Waals surface area contributed by atoms with Gasteiger partial charge in [-0.15, -0.1) is 0 Å². The number of alkyl halides is 2. The summed E-state index contributed by atoms with van der Waals surface area (Å²) in [5.74, 6) is -1.52. The Kier molecular flexibility index (Phi) is 7.97. The van der Waals surface area contributed by atoms with Crippen molar-refractivity contribution in [2.24, 2.45) is 0 Å². The highest BCUT2D eigenvalue weighted by Gasteiger charge is 2.26. The van der Waals surface area contributed by atoms with Gasteiger partial charge in [0.2, 0.25) is 5.75 Å². The number of anilines is 1. The van der Waals surface area contributed by atoms with Crippen molar-refractivity contribution in [2.75, 3.05) is 5.73 Å². The van der Waals surface area contributed by atoms with E-state index < -0.39 is 30.3 Å². The van der Waals surface area contributed by atoms with Gasteiger partial charge in [-0.25, -0.2) is 22.5 Å². The Morgan fingerprint density at radius 1 is 0.970 bits per heavy atom. The van der Waals surface area contributed by atoms with Crippen molar-refractivity contribution in [2.45, 2.75) is 32.5 Å². The Hall–Kier alpha value is -2.23. The zero-order valence-corrected chi connectivity index (χ0v) is 20.3. The van der Waals surface area contributed by atoms with Crippen LogP contribution in [0.25, 0.3) is 0 Å². The fourth-order valence-electron chi connectivity index (χ4n) is 3.18. The topological polar surface area (TPSA) is 57.4 Å². The van der Waals surface area contributed by atoms with E-state index in [0.29, 0.717) is 0 Å². The number of nitrogens with zero attached hydrogens (tertiary/aromatic N) is 1. The van der Waals surface area contributed by atoms with E-state index >= 15 is 0 Å². The van der Waals surface area contributed by atoms with Gasteiger partial charge in [-0.05, 0) is 54.0 Å². The molecule has 11 heteroatoms. The molecule has 0 aliphatic rings. The van der Waals surface area contributed by atoms with E-state index in [1.807, 2.05) is 0 Å². The van der Waals surface area contributed by atoms with E-state index in [1.165, 1.54) is 19.2 Å². The maximum atomic E-state index is 14.0. The number of rotatable bonds is 7. The molecule has 0 amide bonds. The third-order valence-electron chi connectivity index (χ3n) is 4.77. The lowest BCUT2D eigenvalue weighted by Gasteiger charge is -2.24. The predicted octanol–water partition coefficient (Wildman–Crippen LogP) is 8.23. The minimum Gasteiger partial charge on any atom is -0.481 e. The summed E-state index contributed by atoms with van der Waals surface area (Å²) in [7, 11) is 0. The van der Waals surface area contributed by atoms with Gasteiger partial charge in [0.25, 0.3) is 6.43 Å². The summed E-state index contributed by atoms with van der Waals surface area (Å²) in [6, 6.07) is 5.36. The maximum absolute atomic E-state index is 14.0. The number of hydrogen-bond acceptors (Lipinski definition) is 4.